The van der Waals surface area contributed by atoms with Crippen molar-refractivity contribution in [2.45, 2.75) is 45.1 Å². The van der Waals surface area contributed by atoms with E-state index >= 15 is 0 Å². The number of hydrogen-bond acceptors (Lipinski definition) is 2. The second kappa shape index (κ2) is 6.60. The van der Waals surface area contributed by atoms with Crippen LogP contribution in [0.15, 0.2) is 28.7 Å². The Morgan fingerprint density at radius 1 is 1.43 bits per heavy atom. The highest BCUT2D eigenvalue weighted by Gasteiger charge is 2.43. The van der Waals surface area contributed by atoms with E-state index in [9.17, 15) is 14.7 Å². The molecule has 1 aromatic carbocycles. The fourth-order valence-electron chi connectivity index (χ4n) is 2.90. The normalized spacial score (nSPS) is 25.3. The van der Waals surface area contributed by atoms with E-state index in [1.165, 1.54) is 0 Å². The molecular formula is C16H20BrNO3. The molecule has 2 rings (SSSR count). The molecule has 1 aromatic rings. The van der Waals surface area contributed by atoms with Crippen molar-refractivity contribution in [3.8, 4) is 0 Å². The van der Waals surface area contributed by atoms with Crippen molar-refractivity contribution in [2.75, 3.05) is 0 Å². The molecule has 21 heavy (non-hydrogen) atoms. The van der Waals surface area contributed by atoms with E-state index in [1.807, 2.05) is 24.3 Å². The van der Waals surface area contributed by atoms with Crippen molar-refractivity contribution in [1.82, 2.24) is 5.32 Å². The van der Waals surface area contributed by atoms with E-state index in [0.29, 0.717) is 6.42 Å². The minimum absolute atomic E-state index is 0.118. The van der Waals surface area contributed by atoms with Crippen LogP contribution in [0.3, 0.4) is 0 Å². The standard InChI is InChI=1S/C16H20BrNO3/c1-16(15(20)21)8-3-2-7-13(16)18-14(19)10-11-5-4-6-12(17)9-11/h4-6,9,13H,2-3,7-8,10H2,1H3,(H,18,19)(H,20,21). The van der Waals surface area contributed by atoms with Gasteiger partial charge >= 0.3 is 5.97 Å². The van der Waals surface area contributed by atoms with E-state index in [4.69, 9.17) is 0 Å². The number of hydrogen-bond donors (Lipinski definition) is 2. The fraction of sp³-hybridized carbons (Fsp3) is 0.500. The fourth-order valence-corrected chi connectivity index (χ4v) is 3.35. The maximum Gasteiger partial charge on any atom is 0.311 e. The van der Waals surface area contributed by atoms with Crippen molar-refractivity contribution in [2.24, 2.45) is 5.41 Å². The van der Waals surface area contributed by atoms with Crippen LogP contribution < -0.4 is 5.32 Å². The number of halogens is 1. The van der Waals surface area contributed by atoms with Crippen molar-refractivity contribution in [1.29, 1.82) is 0 Å². The molecule has 4 nitrogen and oxygen atoms in total. The van der Waals surface area contributed by atoms with Gasteiger partial charge in [-0.05, 0) is 37.5 Å². The Kier molecular flexibility index (Phi) is 5.04. The SMILES string of the molecule is CC1(C(=O)O)CCCCC1NC(=O)Cc1cccc(Br)c1. The summed E-state index contributed by atoms with van der Waals surface area (Å²) in [5.41, 5.74) is 0.0558. The van der Waals surface area contributed by atoms with Gasteiger partial charge in [0, 0.05) is 10.5 Å². The molecule has 1 aliphatic rings. The molecule has 0 bridgehead atoms. The Morgan fingerprint density at radius 3 is 2.86 bits per heavy atom. The van der Waals surface area contributed by atoms with Crippen LogP contribution in [0.5, 0.6) is 0 Å². The summed E-state index contributed by atoms with van der Waals surface area (Å²) in [7, 11) is 0. The summed E-state index contributed by atoms with van der Waals surface area (Å²) in [5.74, 6) is -0.942. The van der Waals surface area contributed by atoms with Gasteiger partial charge in [0.25, 0.3) is 0 Å². The Bertz CT molecular complexity index is 546. The average molecular weight is 354 g/mol. The van der Waals surface area contributed by atoms with Crippen molar-refractivity contribution >= 4 is 27.8 Å². The summed E-state index contributed by atoms with van der Waals surface area (Å²) in [5, 5.41) is 12.4. The number of carbonyl (C=O) groups excluding carboxylic acids is 1. The Morgan fingerprint density at radius 2 is 2.19 bits per heavy atom. The van der Waals surface area contributed by atoms with E-state index < -0.39 is 11.4 Å². The molecule has 0 aliphatic heterocycles. The maximum absolute atomic E-state index is 12.2. The van der Waals surface area contributed by atoms with Gasteiger partial charge in [-0.25, -0.2) is 0 Å². The molecule has 5 heteroatoms. The molecule has 1 fully saturated rings. The second-order valence-electron chi connectivity index (χ2n) is 5.90. The zero-order valence-electron chi connectivity index (χ0n) is 12.1. The number of carboxylic acids is 1. The number of aliphatic carboxylic acids is 1. The highest BCUT2D eigenvalue weighted by molar-refractivity contribution is 9.10. The second-order valence-corrected chi connectivity index (χ2v) is 6.81. The van der Waals surface area contributed by atoms with E-state index in [2.05, 4.69) is 21.2 Å². The molecule has 1 amide bonds. The van der Waals surface area contributed by atoms with Gasteiger partial charge in [0.1, 0.15) is 0 Å². The summed E-state index contributed by atoms with van der Waals surface area (Å²) >= 11 is 3.38. The Labute approximate surface area is 133 Å². The van der Waals surface area contributed by atoms with Gasteiger partial charge in [-0.3, -0.25) is 9.59 Å². The van der Waals surface area contributed by atoms with Crippen LogP contribution in [0.1, 0.15) is 38.2 Å². The molecule has 0 radical (unpaired) electrons. The molecule has 0 saturated heterocycles. The first-order valence-corrected chi connectivity index (χ1v) is 7.98. The van der Waals surface area contributed by atoms with E-state index in [0.717, 1.165) is 29.3 Å². The van der Waals surface area contributed by atoms with Gasteiger partial charge in [-0.2, -0.15) is 0 Å². The van der Waals surface area contributed by atoms with Crippen LogP contribution >= 0.6 is 15.9 Å². The minimum Gasteiger partial charge on any atom is -0.481 e. The van der Waals surface area contributed by atoms with E-state index in [-0.39, 0.29) is 18.4 Å². The first kappa shape index (κ1) is 16.0. The molecule has 114 valence electrons. The van der Waals surface area contributed by atoms with E-state index in [1.54, 1.807) is 6.92 Å². The van der Waals surface area contributed by atoms with Crippen molar-refractivity contribution in [3.05, 3.63) is 34.3 Å². The first-order chi connectivity index (χ1) is 9.91. The van der Waals surface area contributed by atoms with Gasteiger partial charge in [0.15, 0.2) is 0 Å². The van der Waals surface area contributed by atoms with Gasteiger partial charge in [0.05, 0.1) is 11.8 Å². The number of amides is 1. The maximum atomic E-state index is 12.2. The van der Waals surface area contributed by atoms with Crippen LogP contribution in [-0.4, -0.2) is 23.0 Å². The molecule has 0 heterocycles. The molecule has 2 N–H and O–H groups in total. The summed E-state index contributed by atoms with van der Waals surface area (Å²) in [6, 6.07) is 7.29. The average Bonchev–Trinajstić information content (AvgIpc) is 2.41. The van der Waals surface area contributed by atoms with Crippen molar-refractivity contribution in [3.63, 3.8) is 0 Å². The largest absolute Gasteiger partial charge is 0.481 e. The molecule has 2 unspecified atom stereocenters. The highest BCUT2D eigenvalue weighted by atomic mass is 79.9. The van der Waals surface area contributed by atoms with Crippen LogP contribution in [0.25, 0.3) is 0 Å². The smallest absolute Gasteiger partial charge is 0.311 e. The molecular weight excluding hydrogens is 334 g/mol. The zero-order chi connectivity index (χ0) is 15.5. The molecule has 0 spiro atoms. The van der Waals surface area contributed by atoms with Crippen LogP contribution in [0, 0.1) is 5.41 Å². The van der Waals surface area contributed by atoms with Gasteiger partial charge in [0.2, 0.25) is 5.91 Å². The quantitative estimate of drug-likeness (QED) is 0.873. The molecule has 1 aliphatic carbocycles. The first-order valence-electron chi connectivity index (χ1n) is 7.19. The number of benzene rings is 1. The van der Waals surface area contributed by atoms with Gasteiger partial charge in [-0.15, -0.1) is 0 Å². The third-order valence-electron chi connectivity index (χ3n) is 4.29. The number of carbonyl (C=O) groups is 2. The highest BCUT2D eigenvalue weighted by Crippen LogP contribution is 2.36. The number of nitrogens with one attached hydrogen (secondary N) is 1. The third kappa shape index (κ3) is 3.84. The summed E-state index contributed by atoms with van der Waals surface area (Å²) in [6.07, 6.45) is 3.48. The third-order valence-corrected chi connectivity index (χ3v) is 4.78. The molecule has 0 aromatic heterocycles. The monoisotopic (exact) mass is 353 g/mol. The summed E-state index contributed by atoms with van der Waals surface area (Å²) < 4.78 is 0.931. The lowest BCUT2D eigenvalue weighted by Crippen LogP contribution is -2.52. The van der Waals surface area contributed by atoms with Crippen LogP contribution in [0.2, 0.25) is 0 Å². The topological polar surface area (TPSA) is 66.4 Å². The Hall–Kier alpha value is -1.36. The lowest BCUT2D eigenvalue weighted by Gasteiger charge is -2.38. The summed E-state index contributed by atoms with van der Waals surface area (Å²) in [6.45, 7) is 1.73. The zero-order valence-corrected chi connectivity index (χ0v) is 13.6. The van der Waals surface area contributed by atoms with Gasteiger partial charge < -0.3 is 10.4 Å². The predicted molar refractivity (Wildman–Crippen MR) is 84.0 cm³/mol. The predicted octanol–water partition coefficient (Wildman–Crippen LogP) is 3.14. The lowest BCUT2D eigenvalue weighted by atomic mass is 9.71. The summed E-state index contributed by atoms with van der Waals surface area (Å²) in [4.78, 5) is 23.7. The van der Waals surface area contributed by atoms with Crippen LogP contribution in [-0.2, 0) is 16.0 Å². The van der Waals surface area contributed by atoms with Gasteiger partial charge in [-0.1, -0.05) is 40.9 Å². The Balaban J connectivity index is 2.02. The minimum atomic E-state index is -0.856. The molecule has 2 atom stereocenters. The number of carboxylic acid groups (broad SMARTS) is 1. The van der Waals surface area contributed by atoms with Crippen molar-refractivity contribution < 1.29 is 14.7 Å². The van der Waals surface area contributed by atoms with Crippen LogP contribution in [0.4, 0.5) is 0 Å². The lowest BCUT2D eigenvalue weighted by molar-refractivity contribution is -0.152. The number of rotatable bonds is 4. The molecule has 1 saturated carbocycles.